The Labute approximate surface area is 120 Å². The van der Waals surface area contributed by atoms with E-state index in [1.165, 1.54) is 57.8 Å². The van der Waals surface area contributed by atoms with Gasteiger partial charge in [0.25, 0.3) is 0 Å². The van der Waals surface area contributed by atoms with Crippen molar-refractivity contribution >= 4 is 5.97 Å². The van der Waals surface area contributed by atoms with Crippen LogP contribution in [0.2, 0.25) is 0 Å². The van der Waals surface area contributed by atoms with Crippen LogP contribution in [0.3, 0.4) is 0 Å². The average Bonchev–Trinajstić information content (AvgIpc) is 2.39. The van der Waals surface area contributed by atoms with Crippen molar-refractivity contribution in [2.45, 2.75) is 97.8 Å². The van der Waals surface area contributed by atoms with Crippen molar-refractivity contribution < 1.29 is 9.90 Å². The maximum atomic E-state index is 10.7. The first-order valence-corrected chi connectivity index (χ1v) is 8.32. The summed E-state index contributed by atoms with van der Waals surface area (Å²) in [6.07, 6.45) is 13.8. The second-order valence-corrected chi connectivity index (χ2v) is 6.06. The van der Waals surface area contributed by atoms with Gasteiger partial charge in [0, 0.05) is 6.42 Å². The highest BCUT2D eigenvalue weighted by Gasteiger charge is 2.27. The minimum absolute atomic E-state index is 0.339. The lowest BCUT2D eigenvalue weighted by Gasteiger charge is -2.34. The Hall–Kier alpha value is -0.530. The predicted molar refractivity (Wildman–Crippen MR) is 82.5 cm³/mol. The fraction of sp³-hybridized carbons (Fsp3) is 0.941. The van der Waals surface area contributed by atoms with Crippen LogP contribution >= 0.6 is 0 Å². The Kier molecular flexibility index (Phi) is 11.0. The van der Waals surface area contributed by atoms with Gasteiger partial charge in [-0.2, -0.15) is 0 Å². The number of carbonyl (C=O) groups is 1. The molecule has 0 atom stereocenters. The Bertz CT molecular complexity index is 202. The van der Waals surface area contributed by atoms with E-state index in [9.17, 15) is 4.79 Å². The molecule has 0 aromatic carbocycles. The van der Waals surface area contributed by atoms with E-state index in [4.69, 9.17) is 5.11 Å². The highest BCUT2D eigenvalue weighted by Crippen LogP contribution is 2.41. The first-order chi connectivity index (χ1) is 9.10. The lowest BCUT2D eigenvalue weighted by molar-refractivity contribution is -0.137. The Balaban J connectivity index is 4.51. The van der Waals surface area contributed by atoms with E-state index in [1.54, 1.807) is 0 Å². The molecule has 0 heterocycles. The average molecular weight is 270 g/mol. The molecule has 0 radical (unpaired) electrons. The number of hydrogen-bond acceptors (Lipinski definition) is 1. The van der Waals surface area contributed by atoms with Crippen molar-refractivity contribution in [1.82, 2.24) is 0 Å². The van der Waals surface area contributed by atoms with Crippen LogP contribution in [0, 0.1) is 5.41 Å². The predicted octanol–water partition coefficient (Wildman–Crippen LogP) is 5.80. The normalized spacial score (nSPS) is 11.7. The van der Waals surface area contributed by atoms with Crippen molar-refractivity contribution in [3.63, 3.8) is 0 Å². The number of rotatable bonds is 13. The number of carboxylic acid groups (broad SMARTS) is 1. The Morgan fingerprint density at radius 3 is 1.47 bits per heavy atom. The summed E-state index contributed by atoms with van der Waals surface area (Å²) in [6, 6.07) is 0. The van der Waals surface area contributed by atoms with Crippen molar-refractivity contribution in [2.75, 3.05) is 0 Å². The topological polar surface area (TPSA) is 37.3 Å². The molecule has 0 aliphatic heterocycles. The van der Waals surface area contributed by atoms with Gasteiger partial charge in [0.15, 0.2) is 0 Å². The van der Waals surface area contributed by atoms with Gasteiger partial charge >= 0.3 is 5.97 Å². The van der Waals surface area contributed by atoms with Crippen molar-refractivity contribution in [2.24, 2.45) is 5.41 Å². The van der Waals surface area contributed by atoms with Crippen LogP contribution in [-0.2, 0) is 4.79 Å². The number of carboxylic acids is 1. The minimum atomic E-state index is -0.643. The van der Waals surface area contributed by atoms with Crippen LogP contribution in [0.4, 0.5) is 0 Å². The third-order valence-corrected chi connectivity index (χ3v) is 4.28. The van der Waals surface area contributed by atoms with Crippen LogP contribution in [-0.4, -0.2) is 11.1 Å². The Morgan fingerprint density at radius 2 is 1.16 bits per heavy atom. The molecule has 0 saturated heterocycles. The third kappa shape index (κ3) is 9.07. The molecule has 0 bridgehead atoms. The van der Waals surface area contributed by atoms with E-state index in [-0.39, 0.29) is 0 Å². The molecule has 0 aromatic rings. The fourth-order valence-corrected chi connectivity index (χ4v) is 3.02. The highest BCUT2D eigenvalue weighted by atomic mass is 16.4. The highest BCUT2D eigenvalue weighted by molar-refractivity contribution is 5.66. The van der Waals surface area contributed by atoms with Gasteiger partial charge in [-0.3, -0.25) is 4.79 Å². The van der Waals surface area contributed by atoms with Crippen LogP contribution in [0.15, 0.2) is 0 Å². The molecule has 0 aromatic heterocycles. The summed E-state index contributed by atoms with van der Waals surface area (Å²) in [5, 5.41) is 8.84. The van der Waals surface area contributed by atoms with Gasteiger partial charge in [-0.1, -0.05) is 59.3 Å². The molecule has 0 aliphatic carbocycles. The molecule has 0 spiro atoms. The molecular formula is C17H34O2. The second-order valence-electron chi connectivity index (χ2n) is 6.06. The van der Waals surface area contributed by atoms with Crippen LogP contribution in [0.5, 0.6) is 0 Å². The summed E-state index contributed by atoms with van der Waals surface area (Å²) in [6.45, 7) is 6.75. The molecule has 19 heavy (non-hydrogen) atoms. The van der Waals surface area contributed by atoms with Gasteiger partial charge in [0.05, 0.1) is 0 Å². The molecule has 0 saturated carbocycles. The molecule has 0 fully saturated rings. The fourth-order valence-electron chi connectivity index (χ4n) is 3.02. The van der Waals surface area contributed by atoms with Crippen LogP contribution < -0.4 is 0 Å². The molecule has 1 N–H and O–H groups in total. The summed E-state index contributed by atoms with van der Waals surface area (Å²) >= 11 is 0. The molecule has 0 amide bonds. The lowest BCUT2D eigenvalue weighted by Crippen LogP contribution is -2.21. The first kappa shape index (κ1) is 18.5. The molecule has 114 valence electrons. The number of hydrogen-bond donors (Lipinski definition) is 1. The van der Waals surface area contributed by atoms with Crippen molar-refractivity contribution in [3.8, 4) is 0 Å². The summed E-state index contributed by atoms with van der Waals surface area (Å²) in [7, 11) is 0. The molecule has 0 unspecified atom stereocenters. The third-order valence-electron chi connectivity index (χ3n) is 4.28. The molecule has 0 aliphatic rings. The maximum absolute atomic E-state index is 10.7. The summed E-state index contributed by atoms with van der Waals surface area (Å²) in [5.74, 6) is -0.643. The SMILES string of the molecule is CCCCC(CCCC)(CCCC)CCCC(=O)O. The second kappa shape index (κ2) is 11.3. The number of unbranched alkanes of at least 4 members (excludes halogenated alkanes) is 3. The van der Waals surface area contributed by atoms with E-state index in [1.807, 2.05) is 0 Å². The van der Waals surface area contributed by atoms with Crippen molar-refractivity contribution in [1.29, 1.82) is 0 Å². The molecular weight excluding hydrogens is 236 g/mol. The maximum Gasteiger partial charge on any atom is 0.303 e. The van der Waals surface area contributed by atoms with E-state index in [2.05, 4.69) is 20.8 Å². The Morgan fingerprint density at radius 1 is 0.789 bits per heavy atom. The summed E-state index contributed by atoms with van der Waals surface area (Å²) in [5.41, 5.74) is 0.428. The molecule has 2 heteroatoms. The molecule has 2 nitrogen and oxygen atoms in total. The van der Waals surface area contributed by atoms with Crippen LogP contribution in [0.1, 0.15) is 97.8 Å². The molecule has 0 rings (SSSR count). The van der Waals surface area contributed by atoms with Crippen molar-refractivity contribution in [3.05, 3.63) is 0 Å². The minimum Gasteiger partial charge on any atom is -0.481 e. The summed E-state index contributed by atoms with van der Waals surface area (Å²) in [4.78, 5) is 10.7. The van der Waals surface area contributed by atoms with E-state index < -0.39 is 5.97 Å². The van der Waals surface area contributed by atoms with E-state index in [0.29, 0.717) is 11.8 Å². The zero-order valence-corrected chi connectivity index (χ0v) is 13.3. The van der Waals surface area contributed by atoms with Crippen LogP contribution in [0.25, 0.3) is 0 Å². The van der Waals surface area contributed by atoms with Gasteiger partial charge in [0.1, 0.15) is 0 Å². The largest absolute Gasteiger partial charge is 0.481 e. The van der Waals surface area contributed by atoms with Gasteiger partial charge in [-0.15, -0.1) is 0 Å². The van der Waals surface area contributed by atoms with Gasteiger partial charge < -0.3 is 5.11 Å². The first-order valence-electron chi connectivity index (χ1n) is 8.32. The van der Waals surface area contributed by atoms with Gasteiger partial charge in [0.2, 0.25) is 0 Å². The standard InChI is InChI=1S/C17H34O2/c1-4-7-12-17(13-8-5-2,14-9-6-3)15-10-11-16(18)19/h4-15H2,1-3H3,(H,18,19). The zero-order valence-electron chi connectivity index (χ0n) is 13.3. The lowest BCUT2D eigenvalue weighted by atomic mass is 9.71. The monoisotopic (exact) mass is 270 g/mol. The van der Waals surface area contributed by atoms with E-state index >= 15 is 0 Å². The quantitative estimate of drug-likeness (QED) is 0.459. The van der Waals surface area contributed by atoms with Gasteiger partial charge in [-0.25, -0.2) is 0 Å². The summed E-state index contributed by atoms with van der Waals surface area (Å²) < 4.78 is 0. The van der Waals surface area contributed by atoms with E-state index in [0.717, 1.165) is 12.8 Å². The zero-order chi connectivity index (χ0) is 14.6. The number of aliphatic carboxylic acids is 1. The smallest absolute Gasteiger partial charge is 0.303 e. The van der Waals surface area contributed by atoms with Gasteiger partial charge in [-0.05, 0) is 37.5 Å².